The lowest BCUT2D eigenvalue weighted by Crippen LogP contribution is -2.75. The summed E-state index contributed by atoms with van der Waals surface area (Å²) in [6.07, 6.45) is 0.128. The van der Waals surface area contributed by atoms with Gasteiger partial charge in [-0.1, -0.05) is 50.2 Å². The van der Waals surface area contributed by atoms with Crippen LogP contribution in [-0.2, 0) is 15.0 Å². The second kappa shape index (κ2) is 6.94. The summed E-state index contributed by atoms with van der Waals surface area (Å²) in [6.45, 7) is 3.96. The van der Waals surface area contributed by atoms with E-state index in [1.165, 1.54) is 31.4 Å². The lowest BCUT2D eigenvalue weighted by atomic mass is 9.70. The molecule has 1 aromatic heterocycles. The number of aromatic amines is 1. The zero-order chi connectivity index (χ0) is 24.3. The molecule has 4 fully saturated rings. The van der Waals surface area contributed by atoms with Gasteiger partial charge < -0.3 is 20.3 Å². The van der Waals surface area contributed by atoms with Crippen LogP contribution in [0.5, 0.6) is 0 Å². The molecule has 2 amide bonds. The number of carbonyl (C=O) groups is 2. The summed E-state index contributed by atoms with van der Waals surface area (Å²) < 4.78 is 0. The number of aliphatic hydroxyl groups is 1. The molecule has 0 aliphatic carbocycles. The molecule has 2 aromatic carbocycles. The summed E-state index contributed by atoms with van der Waals surface area (Å²) in [6, 6.07) is 15.9. The number of amides is 2. The number of aliphatic hydroxyl groups excluding tert-OH is 1. The zero-order valence-corrected chi connectivity index (χ0v) is 21.8. The Morgan fingerprint density at radius 2 is 1.74 bits per heavy atom. The Kier molecular flexibility index (Phi) is 4.35. The third-order valence-corrected chi connectivity index (χ3v) is 13.6. The first-order chi connectivity index (χ1) is 16.8. The minimum absolute atomic E-state index is 0.123. The largest absolute Gasteiger partial charge is 0.388 e. The van der Waals surface area contributed by atoms with Crippen molar-refractivity contribution in [1.82, 2.24) is 14.8 Å². The van der Waals surface area contributed by atoms with E-state index in [2.05, 4.69) is 10.3 Å². The van der Waals surface area contributed by atoms with Crippen molar-refractivity contribution in [2.45, 2.75) is 41.3 Å². The molecule has 6 heterocycles. The summed E-state index contributed by atoms with van der Waals surface area (Å²) in [5, 5.41) is 17.1. The van der Waals surface area contributed by atoms with E-state index < -0.39 is 27.4 Å². The van der Waals surface area contributed by atoms with Gasteiger partial charge >= 0.3 is 0 Å². The normalized spacial score (nSPS) is 35.3. The van der Waals surface area contributed by atoms with Gasteiger partial charge in [-0.05, 0) is 60.6 Å². The minimum atomic E-state index is -1.46. The van der Waals surface area contributed by atoms with Crippen LogP contribution in [0.2, 0.25) is 0 Å². The van der Waals surface area contributed by atoms with Gasteiger partial charge in [0.1, 0.15) is 12.3 Å². The molecule has 5 aliphatic heterocycles. The van der Waals surface area contributed by atoms with E-state index in [1.54, 1.807) is 16.8 Å². The first-order valence-electron chi connectivity index (χ1n) is 11.6. The van der Waals surface area contributed by atoms with Crippen molar-refractivity contribution >= 4 is 59.8 Å². The first kappa shape index (κ1) is 22.0. The number of carbonyl (C=O) groups excluding carboxylic acids is 2. The van der Waals surface area contributed by atoms with E-state index in [0.29, 0.717) is 0 Å². The fraction of sp³-hybridized carbons (Fsp3) is 0.360. The molecule has 4 saturated heterocycles. The second-order valence-electron chi connectivity index (χ2n) is 9.93. The molecular formula is C25H24N4O3S3. The number of nitrogens with zero attached hydrogens (tertiary/aromatic N) is 2. The standard InChI is InChI=1S/C25H24N4O3S3/c1-13(2)24-22(32)29-20-23(15-9-5-7-11-18(15)27-20,16-12-26-17-10-6-4-8-14(16)17)19(30)25(29,34-35-33-24)21(31)28(24)3/h4-13,19-20,26-27,30H,1-3H3/t19-,20+,23+,24-,25-/m0/s1. The van der Waals surface area contributed by atoms with Crippen LogP contribution in [0.15, 0.2) is 54.7 Å². The topological polar surface area (TPSA) is 88.7 Å². The summed E-state index contributed by atoms with van der Waals surface area (Å²) >= 11 is 0. The van der Waals surface area contributed by atoms with Gasteiger partial charge in [-0.3, -0.25) is 14.5 Å². The Labute approximate surface area is 214 Å². The number of H-pyrrole nitrogens is 1. The Morgan fingerprint density at radius 1 is 1.00 bits per heavy atom. The van der Waals surface area contributed by atoms with Gasteiger partial charge in [0.25, 0.3) is 11.8 Å². The van der Waals surface area contributed by atoms with E-state index in [0.717, 1.165) is 27.7 Å². The van der Waals surface area contributed by atoms with Gasteiger partial charge in [-0.25, -0.2) is 0 Å². The van der Waals surface area contributed by atoms with E-state index >= 15 is 0 Å². The van der Waals surface area contributed by atoms with Crippen molar-refractivity contribution in [1.29, 1.82) is 0 Å². The van der Waals surface area contributed by atoms with Crippen molar-refractivity contribution in [3.63, 3.8) is 0 Å². The Balaban J connectivity index is 1.58. The van der Waals surface area contributed by atoms with E-state index in [9.17, 15) is 14.7 Å². The lowest BCUT2D eigenvalue weighted by molar-refractivity contribution is -0.168. The summed E-state index contributed by atoms with van der Waals surface area (Å²) in [5.41, 5.74) is 2.56. The highest BCUT2D eigenvalue weighted by atomic mass is 33.5. The summed E-state index contributed by atoms with van der Waals surface area (Å²) in [7, 11) is 5.87. The smallest absolute Gasteiger partial charge is 0.264 e. The predicted octanol–water partition coefficient (Wildman–Crippen LogP) is 3.97. The van der Waals surface area contributed by atoms with Crippen LogP contribution in [0.3, 0.4) is 0 Å². The average Bonchev–Trinajstić information content (AvgIpc) is 3.42. The van der Waals surface area contributed by atoms with Crippen molar-refractivity contribution in [3.05, 3.63) is 65.9 Å². The van der Waals surface area contributed by atoms with Crippen LogP contribution in [0.25, 0.3) is 10.9 Å². The Hall–Kier alpha value is -2.27. The van der Waals surface area contributed by atoms with Crippen LogP contribution in [0.1, 0.15) is 25.0 Å². The molecule has 35 heavy (non-hydrogen) atoms. The maximum atomic E-state index is 14.5. The SMILES string of the molecule is CC(C)[C@@]12SSS[C@]3(C(=O)N1C)[C@@H](O)[C@]1(c4c[nH]c5ccccc45)c4ccccc4N[C@@H]1N3C2=O. The molecule has 3 N–H and O–H groups in total. The molecule has 3 aromatic rings. The lowest BCUT2D eigenvalue weighted by Gasteiger charge is -2.52. The molecule has 5 atom stereocenters. The van der Waals surface area contributed by atoms with Gasteiger partial charge in [0.2, 0.25) is 4.87 Å². The number of likely N-dealkylation sites (N-methyl/N-ethyl adjacent to an activating group) is 1. The first-order valence-corrected chi connectivity index (χ1v) is 15.1. The maximum absolute atomic E-state index is 14.5. The second-order valence-corrected chi connectivity index (χ2v) is 14.3. The van der Waals surface area contributed by atoms with Gasteiger partial charge in [0.15, 0.2) is 4.87 Å². The average molecular weight is 525 g/mol. The van der Waals surface area contributed by atoms with E-state index in [4.69, 9.17) is 0 Å². The van der Waals surface area contributed by atoms with Crippen LogP contribution in [0.4, 0.5) is 5.69 Å². The minimum Gasteiger partial charge on any atom is -0.388 e. The number of nitrogens with one attached hydrogen (secondary N) is 2. The fourth-order valence-electron chi connectivity index (χ4n) is 6.69. The highest BCUT2D eigenvalue weighted by Gasteiger charge is 2.81. The number of benzene rings is 2. The third kappa shape index (κ3) is 2.21. The Bertz CT molecular complexity index is 1430. The summed E-state index contributed by atoms with van der Waals surface area (Å²) in [5.74, 6) is -0.487. The fourth-order valence-corrected chi connectivity index (χ4v) is 13.0. The number of rotatable bonds is 2. The number of aromatic nitrogens is 1. The van der Waals surface area contributed by atoms with Gasteiger partial charge in [-0.2, -0.15) is 0 Å². The van der Waals surface area contributed by atoms with Crippen molar-refractivity contribution < 1.29 is 14.7 Å². The molecule has 180 valence electrons. The molecule has 0 saturated carbocycles. The predicted molar refractivity (Wildman–Crippen MR) is 142 cm³/mol. The van der Waals surface area contributed by atoms with Crippen LogP contribution >= 0.6 is 31.4 Å². The number of para-hydroxylation sites is 2. The van der Waals surface area contributed by atoms with Crippen LogP contribution < -0.4 is 5.32 Å². The quantitative estimate of drug-likeness (QED) is 0.437. The zero-order valence-electron chi connectivity index (χ0n) is 19.3. The molecule has 0 radical (unpaired) electrons. The number of fused-ring (bicyclic) bond motifs is 7. The molecule has 7 nitrogen and oxygen atoms in total. The van der Waals surface area contributed by atoms with Crippen LogP contribution in [0, 0.1) is 5.92 Å². The number of anilines is 1. The highest BCUT2D eigenvalue weighted by molar-refractivity contribution is 9.10. The van der Waals surface area contributed by atoms with Gasteiger partial charge in [0, 0.05) is 29.8 Å². The summed E-state index contributed by atoms with van der Waals surface area (Å²) in [4.78, 5) is 33.0. The molecule has 0 unspecified atom stereocenters. The molecule has 5 aliphatic rings. The number of hydrogen-bond acceptors (Lipinski definition) is 7. The van der Waals surface area contributed by atoms with Gasteiger partial charge in [0.05, 0.1) is 5.41 Å². The molecule has 1 spiro atoms. The van der Waals surface area contributed by atoms with Gasteiger partial charge in [-0.15, -0.1) is 0 Å². The number of hydrogen-bond donors (Lipinski definition) is 3. The van der Waals surface area contributed by atoms with Crippen LogP contribution in [-0.4, -0.2) is 60.8 Å². The molecule has 10 heteroatoms. The maximum Gasteiger partial charge on any atom is 0.264 e. The number of piperazine rings is 1. The molecular weight excluding hydrogens is 501 g/mol. The Morgan fingerprint density at radius 3 is 2.54 bits per heavy atom. The van der Waals surface area contributed by atoms with E-state index in [-0.39, 0.29) is 17.7 Å². The molecule has 2 bridgehead atoms. The third-order valence-electron chi connectivity index (χ3n) is 8.29. The van der Waals surface area contributed by atoms with Crippen molar-refractivity contribution in [2.75, 3.05) is 12.4 Å². The monoisotopic (exact) mass is 524 g/mol. The van der Waals surface area contributed by atoms with Crippen molar-refractivity contribution in [2.24, 2.45) is 5.92 Å². The molecule has 8 rings (SSSR count). The van der Waals surface area contributed by atoms with E-state index in [1.807, 2.05) is 68.6 Å². The van der Waals surface area contributed by atoms with Crippen molar-refractivity contribution in [3.8, 4) is 0 Å². The highest BCUT2D eigenvalue weighted by Crippen LogP contribution is 2.70.